The highest BCUT2D eigenvalue weighted by atomic mass is 32.1. The van der Waals surface area contributed by atoms with Crippen molar-refractivity contribution in [3.8, 4) is 10.8 Å². The molecule has 2 aromatic heterocycles. The van der Waals surface area contributed by atoms with Crippen LogP contribution in [-0.2, 0) is 16.1 Å². The number of carbonyl (C=O) groups excluding carboxylic acids is 3. The first-order valence-electron chi connectivity index (χ1n) is 8.32. The SMILES string of the molecule is O=C1C(=O)N(C2CCCCC2)C(=O)N1Cc1coc(-c2cccs2)n1. The monoisotopic (exact) mass is 359 g/mol. The smallest absolute Gasteiger partial charge is 0.334 e. The van der Waals surface area contributed by atoms with E-state index < -0.39 is 17.8 Å². The molecule has 1 saturated heterocycles. The van der Waals surface area contributed by atoms with Gasteiger partial charge >= 0.3 is 17.8 Å². The van der Waals surface area contributed by atoms with Crippen LogP contribution in [0.3, 0.4) is 0 Å². The number of rotatable bonds is 4. The van der Waals surface area contributed by atoms with Crippen LogP contribution in [0.2, 0.25) is 0 Å². The van der Waals surface area contributed by atoms with Crippen LogP contribution in [0.1, 0.15) is 37.8 Å². The fourth-order valence-electron chi connectivity index (χ4n) is 3.38. The molecule has 7 nitrogen and oxygen atoms in total. The molecule has 0 aromatic carbocycles. The van der Waals surface area contributed by atoms with E-state index in [1.165, 1.54) is 17.6 Å². The van der Waals surface area contributed by atoms with Gasteiger partial charge in [-0.15, -0.1) is 11.3 Å². The van der Waals surface area contributed by atoms with E-state index in [-0.39, 0.29) is 12.6 Å². The number of carbonyl (C=O) groups is 3. The number of hydrogen-bond acceptors (Lipinski definition) is 6. The van der Waals surface area contributed by atoms with E-state index in [2.05, 4.69) is 4.98 Å². The zero-order chi connectivity index (χ0) is 17.4. The Morgan fingerprint density at radius 3 is 2.68 bits per heavy atom. The van der Waals surface area contributed by atoms with Gasteiger partial charge in [-0.2, -0.15) is 0 Å². The molecule has 130 valence electrons. The minimum absolute atomic E-state index is 0.0541. The summed E-state index contributed by atoms with van der Waals surface area (Å²) in [7, 11) is 0. The number of imide groups is 2. The summed E-state index contributed by atoms with van der Waals surface area (Å²) in [6, 6.07) is 3.06. The molecular weight excluding hydrogens is 342 g/mol. The molecule has 0 atom stereocenters. The van der Waals surface area contributed by atoms with Gasteiger partial charge in [-0.1, -0.05) is 25.3 Å². The second-order valence-corrected chi connectivity index (χ2v) is 7.21. The highest BCUT2D eigenvalue weighted by Gasteiger charge is 2.47. The minimum atomic E-state index is -0.781. The van der Waals surface area contributed by atoms with Crippen LogP contribution in [0.5, 0.6) is 0 Å². The van der Waals surface area contributed by atoms with Crippen molar-refractivity contribution >= 4 is 29.2 Å². The topological polar surface area (TPSA) is 83.7 Å². The molecule has 1 saturated carbocycles. The molecule has 0 bridgehead atoms. The Morgan fingerprint density at radius 2 is 1.96 bits per heavy atom. The van der Waals surface area contributed by atoms with Crippen LogP contribution in [0.4, 0.5) is 4.79 Å². The van der Waals surface area contributed by atoms with E-state index in [4.69, 9.17) is 4.42 Å². The number of nitrogens with zero attached hydrogens (tertiary/aromatic N) is 3. The first kappa shape index (κ1) is 16.0. The van der Waals surface area contributed by atoms with Crippen LogP contribution in [0.15, 0.2) is 28.2 Å². The number of hydrogen-bond donors (Lipinski definition) is 0. The van der Waals surface area contributed by atoms with Crippen molar-refractivity contribution < 1.29 is 18.8 Å². The Kier molecular flexibility index (Phi) is 4.12. The highest BCUT2D eigenvalue weighted by Crippen LogP contribution is 2.28. The number of urea groups is 1. The predicted molar refractivity (Wildman–Crippen MR) is 89.5 cm³/mol. The molecule has 0 spiro atoms. The Balaban J connectivity index is 1.51. The molecular formula is C17H17N3O4S. The maximum absolute atomic E-state index is 12.6. The van der Waals surface area contributed by atoms with E-state index >= 15 is 0 Å². The lowest BCUT2D eigenvalue weighted by Gasteiger charge is -2.28. The summed E-state index contributed by atoms with van der Waals surface area (Å²) in [5, 5.41) is 1.91. The molecule has 25 heavy (non-hydrogen) atoms. The van der Waals surface area contributed by atoms with Crippen molar-refractivity contribution in [3.05, 3.63) is 29.5 Å². The summed E-state index contributed by atoms with van der Waals surface area (Å²) in [4.78, 5) is 44.5. The Labute approximate surface area is 148 Å². The molecule has 0 radical (unpaired) electrons. The van der Waals surface area contributed by atoms with Gasteiger partial charge in [0.25, 0.3) is 0 Å². The highest BCUT2D eigenvalue weighted by molar-refractivity contribution is 7.13. The summed E-state index contributed by atoms with van der Waals surface area (Å²) in [5.74, 6) is -1.06. The minimum Gasteiger partial charge on any atom is -0.443 e. The average molecular weight is 359 g/mol. The predicted octanol–water partition coefficient (Wildman–Crippen LogP) is 3.03. The van der Waals surface area contributed by atoms with Crippen LogP contribution >= 0.6 is 11.3 Å². The summed E-state index contributed by atoms with van der Waals surface area (Å²) in [5.41, 5.74) is 0.448. The Morgan fingerprint density at radius 1 is 1.16 bits per heavy atom. The number of thiophene rings is 1. The third-order valence-corrected chi connectivity index (χ3v) is 5.49. The van der Waals surface area contributed by atoms with Crippen molar-refractivity contribution in [2.75, 3.05) is 0 Å². The third kappa shape index (κ3) is 2.86. The van der Waals surface area contributed by atoms with E-state index in [1.807, 2.05) is 17.5 Å². The lowest BCUT2D eigenvalue weighted by Crippen LogP contribution is -2.42. The van der Waals surface area contributed by atoms with E-state index in [0.29, 0.717) is 11.6 Å². The van der Waals surface area contributed by atoms with Gasteiger partial charge in [0.05, 0.1) is 17.1 Å². The number of oxazole rings is 1. The summed E-state index contributed by atoms with van der Waals surface area (Å²) < 4.78 is 5.41. The summed E-state index contributed by atoms with van der Waals surface area (Å²) in [6.45, 7) is -0.0541. The molecule has 2 aliphatic rings. The first-order chi connectivity index (χ1) is 12.1. The van der Waals surface area contributed by atoms with E-state index in [0.717, 1.165) is 46.8 Å². The fraction of sp³-hybridized carbons (Fsp3) is 0.412. The van der Waals surface area contributed by atoms with Crippen molar-refractivity contribution in [1.82, 2.24) is 14.8 Å². The lowest BCUT2D eigenvalue weighted by molar-refractivity contribution is -0.144. The van der Waals surface area contributed by atoms with Gasteiger partial charge in [0, 0.05) is 6.04 Å². The van der Waals surface area contributed by atoms with Gasteiger partial charge in [-0.05, 0) is 24.3 Å². The van der Waals surface area contributed by atoms with Gasteiger partial charge in [-0.3, -0.25) is 14.5 Å². The summed E-state index contributed by atoms with van der Waals surface area (Å²) in [6.07, 6.45) is 6.01. The maximum atomic E-state index is 12.6. The van der Waals surface area contributed by atoms with Gasteiger partial charge in [0.2, 0.25) is 5.89 Å². The first-order valence-corrected chi connectivity index (χ1v) is 9.20. The molecule has 0 unspecified atom stereocenters. The molecule has 4 amide bonds. The molecule has 8 heteroatoms. The quantitative estimate of drug-likeness (QED) is 0.619. The molecule has 1 aliphatic heterocycles. The zero-order valence-electron chi connectivity index (χ0n) is 13.5. The summed E-state index contributed by atoms with van der Waals surface area (Å²) >= 11 is 1.49. The van der Waals surface area contributed by atoms with Crippen LogP contribution in [0, 0.1) is 0 Å². The second kappa shape index (κ2) is 6.44. The fourth-order valence-corrected chi connectivity index (χ4v) is 4.03. The van der Waals surface area contributed by atoms with Crippen molar-refractivity contribution in [2.24, 2.45) is 0 Å². The largest absolute Gasteiger partial charge is 0.443 e. The standard InChI is InChI=1S/C17H17N3O4S/c21-15-16(22)20(12-5-2-1-3-6-12)17(23)19(15)9-11-10-24-14(18-11)13-7-4-8-25-13/h4,7-8,10,12H,1-3,5-6,9H2. The van der Waals surface area contributed by atoms with Crippen molar-refractivity contribution in [1.29, 1.82) is 0 Å². The van der Waals surface area contributed by atoms with Crippen LogP contribution < -0.4 is 0 Å². The number of aromatic nitrogens is 1. The second-order valence-electron chi connectivity index (χ2n) is 6.26. The van der Waals surface area contributed by atoms with Crippen LogP contribution in [-0.4, -0.2) is 38.7 Å². The van der Waals surface area contributed by atoms with Gasteiger partial charge in [-0.25, -0.2) is 14.7 Å². The molecule has 4 rings (SSSR count). The van der Waals surface area contributed by atoms with E-state index in [9.17, 15) is 14.4 Å². The molecule has 2 fully saturated rings. The Bertz CT molecular complexity index is 808. The van der Waals surface area contributed by atoms with Crippen molar-refractivity contribution in [2.45, 2.75) is 44.7 Å². The maximum Gasteiger partial charge on any atom is 0.334 e. The molecule has 3 heterocycles. The Hall–Kier alpha value is -2.48. The van der Waals surface area contributed by atoms with E-state index in [1.54, 1.807) is 0 Å². The molecule has 1 aliphatic carbocycles. The van der Waals surface area contributed by atoms with Crippen molar-refractivity contribution in [3.63, 3.8) is 0 Å². The normalized spacial score (nSPS) is 19.3. The number of amides is 4. The van der Waals surface area contributed by atoms with Gasteiger partial charge in [0.15, 0.2) is 0 Å². The third-order valence-electron chi connectivity index (χ3n) is 4.63. The van der Waals surface area contributed by atoms with Crippen LogP contribution in [0.25, 0.3) is 10.8 Å². The molecule has 2 aromatic rings. The average Bonchev–Trinajstić information content (AvgIpc) is 3.34. The van der Waals surface area contributed by atoms with Gasteiger partial charge < -0.3 is 4.42 Å². The zero-order valence-corrected chi connectivity index (χ0v) is 14.3. The molecule has 0 N–H and O–H groups in total. The lowest BCUT2D eigenvalue weighted by atomic mass is 9.94. The van der Waals surface area contributed by atoms with Gasteiger partial charge in [0.1, 0.15) is 6.26 Å².